The molecule has 1 saturated heterocycles. The number of hydrogen-bond acceptors (Lipinski definition) is 2. The minimum absolute atomic E-state index is 0.00294. The van der Waals surface area contributed by atoms with Crippen LogP contribution in [-0.4, -0.2) is 22.8 Å². The van der Waals surface area contributed by atoms with Gasteiger partial charge in [0.25, 0.3) is 0 Å². The second-order valence-corrected chi connectivity index (χ2v) is 7.49. The number of carbonyl (C=O) groups is 2. The minimum atomic E-state index is 0.00294. The fourth-order valence-corrected chi connectivity index (χ4v) is 5.68. The molecule has 2 amide bonds. The van der Waals surface area contributed by atoms with Crippen LogP contribution < -0.4 is 0 Å². The Balaban J connectivity index is 1.50. The van der Waals surface area contributed by atoms with Crippen LogP contribution >= 0.6 is 0 Å². The van der Waals surface area contributed by atoms with Crippen LogP contribution in [0.5, 0.6) is 0 Å². The second kappa shape index (κ2) is 3.75. The molecule has 106 valence electrons. The van der Waals surface area contributed by atoms with Crippen LogP contribution in [0, 0.1) is 35.5 Å². The summed E-state index contributed by atoms with van der Waals surface area (Å²) in [6.07, 6.45) is 11.4. The maximum absolute atomic E-state index is 12.9. The van der Waals surface area contributed by atoms with Crippen LogP contribution in [0.3, 0.4) is 0 Å². The summed E-state index contributed by atoms with van der Waals surface area (Å²) in [5.41, 5.74) is 0. The molecule has 6 atom stereocenters. The number of amides is 2. The highest BCUT2D eigenvalue weighted by molar-refractivity contribution is 6.06. The van der Waals surface area contributed by atoms with E-state index in [9.17, 15) is 9.59 Å². The van der Waals surface area contributed by atoms with E-state index in [-0.39, 0.29) is 29.7 Å². The van der Waals surface area contributed by atoms with E-state index in [1.165, 1.54) is 25.7 Å². The summed E-state index contributed by atoms with van der Waals surface area (Å²) in [6, 6.07) is 0.213. The summed E-state index contributed by atoms with van der Waals surface area (Å²) in [6.45, 7) is 0. The zero-order valence-electron chi connectivity index (χ0n) is 11.7. The Hall–Kier alpha value is -1.12. The molecule has 4 fully saturated rings. The molecule has 0 unspecified atom stereocenters. The number of likely N-dealkylation sites (tertiary alicyclic amines) is 1. The van der Waals surface area contributed by atoms with Gasteiger partial charge in [0.2, 0.25) is 11.8 Å². The Bertz CT molecular complexity index is 483. The summed E-state index contributed by atoms with van der Waals surface area (Å²) in [5, 5.41) is 0. The van der Waals surface area contributed by atoms with Crippen molar-refractivity contribution in [2.75, 3.05) is 0 Å². The summed E-state index contributed by atoms with van der Waals surface area (Å²) < 4.78 is 0. The van der Waals surface area contributed by atoms with E-state index < -0.39 is 0 Å². The normalized spacial score (nSPS) is 49.5. The van der Waals surface area contributed by atoms with Gasteiger partial charge in [0.15, 0.2) is 0 Å². The lowest BCUT2D eigenvalue weighted by Crippen LogP contribution is -2.42. The van der Waals surface area contributed by atoms with Gasteiger partial charge >= 0.3 is 0 Å². The Morgan fingerprint density at radius 3 is 1.95 bits per heavy atom. The third-order valence-corrected chi connectivity index (χ3v) is 6.64. The molecular formula is C17H21NO2. The van der Waals surface area contributed by atoms with Gasteiger partial charge < -0.3 is 0 Å². The molecule has 2 bridgehead atoms. The summed E-state index contributed by atoms with van der Waals surface area (Å²) in [7, 11) is 0. The van der Waals surface area contributed by atoms with Crippen molar-refractivity contribution >= 4 is 11.8 Å². The molecular weight excluding hydrogens is 250 g/mol. The Labute approximate surface area is 119 Å². The van der Waals surface area contributed by atoms with E-state index >= 15 is 0 Å². The molecule has 5 aliphatic carbocycles. The van der Waals surface area contributed by atoms with Crippen LogP contribution in [0.25, 0.3) is 0 Å². The third kappa shape index (κ3) is 1.27. The quantitative estimate of drug-likeness (QED) is 0.542. The van der Waals surface area contributed by atoms with Crippen molar-refractivity contribution in [2.45, 2.75) is 44.6 Å². The molecule has 3 saturated carbocycles. The number of imide groups is 1. The number of nitrogens with zero attached hydrogens (tertiary/aromatic N) is 1. The van der Waals surface area contributed by atoms with Gasteiger partial charge in [0, 0.05) is 6.04 Å². The highest BCUT2D eigenvalue weighted by Crippen LogP contribution is 2.65. The first kappa shape index (κ1) is 11.5. The minimum Gasteiger partial charge on any atom is -0.279 e. The average Bonchev–Trinajstić information content (AvgIpc) is 3.25. The van der Waals surface area contributed by atoms with Gasteiger partial charge in [-0.3, -0.25) is 14.5 Å². The molecule has 3 nitrogen and oxygen atoms in total. The lowest BCUT2D eigenvalue weighted by molar-refractivity contribution is -0.143. The van der Waals surface area contributed by atoms with E-state index in [2.05, 4.69) is 12.2 Å². The van der Waals surface area contributed by atoms with Gasteiger partial charge in [-0.1, -0.05) is 31.4 Å². The van der Waals surface area contributed by atoms with Crippen LogP contribution in [0.4, 0.5) is 0 Å². The van der Waals surface area contributed by atoms with Gasteiger partial charge in [-0.25, -0.2) is 0 Å². The predicted octanol–water partition coefficient (Wildman–Crippen LogP) is 2.37. The first-order valence-corrected chi connectivity index (χ1v) is 8.32. The monoisotopic (exact) mass is 271 g/mol. The predicted molar refractivity (Wildman–Crippen MR) is 73.4 cm³/mol. The van der Waals surface area contributed by atoms with Gasteiger partial charge in [-0.15, -0.1) is 0 Å². The van der Waals surface area contributed by atoms with Crippen LogP contribution in [-0.2, 0) is 9.59 Å². The first-order valence-electron chi connectivity index (χ1n) is 8.32. The SMILES string of the molecule is O=C1[C@H]2[C@H]3C=C[C@@H]([C@@H]4C[C@H]34)[C@@H]2C(=O)N1C1CCCCC1. The molecule has 20 heavy (non-hydrogen) atoms. The van der Waals surface area contributed by atoms with Crippen molar-refractivity contribution in [2.24, 2.45) is 35.5 Å². The number of carbonyl (C=O) groups excluding carboxylic acids is 2. The number of rotatable bonds is 1. The first-order chi connectivity index (χ1) is 9.77. The molecule has 0 spiro atoms. The molecule has 1 heterocycles. The Morgan fingerprint density at radius 1 is 0.850 bits per heavy atom. The van der Waals surface area contributed by atoms with Gasteiger partial charge in [0.1, 0.15) is 0 Å². The van der Waals surface area contributed by atoms with Crippen molar-refractivity contribution < 1.29 is 9.59 Å². The van der Waals surface area contributed by atoms with Gasteiger partial charge in [-0.2, -0.15) is 0 Å². The van der Waals surface area contributed by atoms with Crippen LogP contribution in [0.1, 0.15) is 38.5 Å². The molecule has 6 rings (SSSR count). The fraction of sp³-hybridized carbons (Fsp3) is 0.765. The van der Waals surface area contributed by atoms with Crippen molar-refractivity contribution in [1.82, 2.24) is 4.90 Å². The highest BCUT2D eigenvalue weighted by Gasteiger charge is 2.67. The van der Waals surface area contributed by atoms with Crippen LogP contribution in [0.15, 0.2) is 12.2 Å². The average molecular weight is 271 g/mol. The van der Waals surface area contributed by atoms with E-state index in [0.29, 0.717) is 23.7 Å². The standard InChI is InChI=1S/C17H21NO2/c19-16-14-10-6-7-11(13-8-12(10)13)15(14)17(20)18(16)9-4-2-1-3-5-9/h6-7,9-15H,1-5,8H2/t10-,11-,12-,13+,14-,15-/m0/s1. The molecule has 6 aliphatic rings. The second-order valence-electron chi connectivity index (χ2n) is 7.49. The third-order valence-electron chi connectivity index (χ3n) is 6.64. The lowest BCUT2D eigenvalue weighted by atomic mass is 9.63. The fourth-order valence-electron chi connectivity index (χ4n) is 5.68. The lowest BCUT2D eigenvalue weighted by Gasteiger charge is -2.37. The van der Waals surface area contributed by atoms with Crippen molar-refractivity contribution in [1.29, 1.82) is 0 Å². The maximum Gasteiger partial charge on any atom is 0.233 e. The van der Waals surface area contributed by atoms with E-state index in [1.54, 1.807) is 4.90 Å². The van der Waals surface area contributed by atoms with E-state index in [1.807, 2.05) is 0 Å². The Kier molecular flexibility index (Phi) is 2.16. The van der Waals surface area contributed by atoms with Crippen molar-refractivity contribution in [3.8, 4) is 0 Å². The molecule has 0 aromatic heterocycles. The smallest absolute Gasteiger partial charge is 0.233 e. The topological polar surface area (TPSA) is 37.4 Å². The largest absolute Gasteiger partial charge is 0.279 e. The highest BCUT2D eigenvalue weighted by atomic mass is 16.2. The maximum atomic E-state index is 12.9. The summed E-state index contributed by atoms with van der Waals surface area (Å²) >= 11 is 0. The summed E-state index contributed by atoms with van der Waals surface area (Å²) in [5.74, 6) is 2.54. The summed E-state index contributed by atoms with van der Waals surface area (Å²) in [4.78, 5) is 27.5. The van der Waals surface area contributed by atoms with Gasteiger partial charge in [0.05, 0.1) is 11.8 Å². The molecule has 0 aromatic carbocycles. The van der Waals surface area contributed by atoms with Crippen LogP contribution in [0.2, 0.25) is 0 Å². The Morgan fingerprint density at radius 2 is 1.40 bits per heavy atom. The molecule has 0 aromatic rings. The van der Waals surface area contributed by atoms with Crippen molar-refractivity contribution in [3.05, 3.63) is 12.2 Å². The number of hydrogen-bond donors (Lipinski definition) is 0. The zero-order chi connectivity index (χ0) is 13.4. The molecule has 1 aliphatic heterocycles. The van der Waals surface area contributed by atoms with E-state index in [0.717, 1.165) is 12.8 Å². The molecule has 3 heteroatoms. The zero-order valence-corrected chi connectivity index (χ0v) is 11.7. The number of allylic oxidation sites excluding steroid dienone is 2. The van der Waals surface area contributed by atoms with Crippen molar-refractivity contribution in [3.63, 3.8) is 0 Å². The van der Waals surface area contributed by atoms with E-state index in [4.69, 9.17) is 0 Å². The molecule has 0 radical (unpaired) electrons. The molecule has 0 N–H and O–H groups in total. The van der Waals surface area contributed by atoms with Gasteiger partial charge in [-0.05, 0) is 42.9 Å².